The molecular formula is C24H29NO2. The summed E-state index contributed by atoms with van der Waals surface area (Å²) in [5.41, 5.74) is 2.41. The third-order valence-corrected chi connectivity index (χ3v) is 7.41. The van der Waals surface area contributed by atoms with E-state index in [1.807, 2.05) is 12.1 Å². The highest BCUT2D eigenvalue weighted by atomic mass is 16.3. The fourth-order valence-corrected chi connectivity index (χ4v) is 5.83. The van der Waals surface area contributed by atoms with Gasteiger partial charge in [-0.25, -0.2) is 0 Å². The molecule has 2 aromatic rings. The molecule has 2 bridgehead atoms. The predicted octanol–water partition coefficient (Wildman–Crippen LogP) is 4.05. The minimum Gasteiger partial charge on any atom is -0.508 e. The molecule has 0 aromatic heterocycles. The van der Waals surface area contributed by atoms with Crippen LogP contribution in [0, 0.1) is 5.92 Å². The first-order valence-electron chi connectivity index (χ1n) is 10.4. The van der Waals surface area contributed by atoms with Crippen LogP contribution in [0.25, 0.3) is 0 Å². The molecule has 3 nitrogen and oxygen atoms in total. The van der Waals surface area contributed by atoms with E-state index >= 15 is 0 Å². The van der Waals surface area contributed by atoms with Crippen LogP contribution in [0.5, 0.6) is 5.75 Å². The lowest BCUT2D eigenvalue weighted by Crippen LogP contribution is -2.62. The van der Waals surface area contributed by atoms with Crippen LogP contribution in [-0.4, -0.2) is 40.3 Å². The van der Waals surface area contributed by atoms with Crippen LogP contribution in [0.3, 0.4) is 0 Å². The first-order chi connectivity index (χ1) is 13.2. The molecule has 5 atom stereocenters. The summed E-state index contributed by atoms with van der Waals surface area (Å²) in [5.74, 6) is 1.74. The van der Waals surface area contributed by atoms with Crippen LogP contribution in [0.4, 0.5) is 0 Å². The highest BCUT2D eigenvalue weighted by molar-refractivity contribution is 5.36. The quantitative estimate of drug-likeness (QED) is 0.861. The van der Waals surface area contributed by atoms with Gasteiger partial charge in [0.2, 0.25) is 0 Å². The van der Waals surface area contributed by atoms with Crippen LogP contribution >= 0.6 is 0 Å². The first kappa shape index (κ1) is 17.3. The van der Waals surface area contributed by atoms with Crippen molar-refractivity contribution in [2.75, 3.05) is 13.1 Å². The Morgan fingerprint density at radius 1 is 1.04 bits per heavy atom. The van der Waals surface area contributed by atoms with E-state index in [1.54, 1.807) is 6.07 Å². The summed E-state index contributed by atoms with van der Waals surface area (Å²) in [7, 11) is 0. The van der Waals surface area contributed by atoms with Gasteiger partial charge in [0.05, 0.1) is 6.10 Å². The van der Waals surface area contributed by atoms with E-state index in [0.717, 1.165) is 50.3 Å². The number of aliphatic hydroxyl groups excluding tert-OH is 1. The number of phenols is 1. The number of hydrogen-bond donors (Lipinski definition) is 2. The molecule has 2 saturated carbocycles. The lowest BCUT2D eigenvalue weighted by Gasteiger charge is -2.54. The molecule has 142 valence electrons. The molecule has 2 aliphatic carbocycles. The smallest absolute Gasteiger partial charge is 0.115 e. The highest BCUT2D eigenvalue weighted by Gasteiger charge is 2.52. The van der Waals surface area contributed by atoms with Gasteiger partial charge in [-0.2, -0.15) is 0 Å². The van der Waals surface area contributed by atoms with Gasteiger partial charge in [0.25, 0.3) is 0 Å². The van der Waals surface area contributed by atoms with Crippen LogP contribution in [0.2, 0.25) is 0 Å². The first-order valence-corrected chi connectivity index (χ1v) is 10.4. The summed E-state index contributed by atoms with van der Waals surface area (Å²) in [6.45, 7) is 2.16. The zero-order chi connectivity index (χ0) is 18.4. The van der Waals surface area contributed by atoms with Crippen molar-refractivity contribution in [1.82, 2.24) is 4.90 Å². The zero-order valence-corrected chi connectivity index (χ0v) is 15.8. The molecule has 27 heavy (non-hydrogen) atoms. The van der Waals surface area contributed by atoms with E-state index in [2.05, 4.69) is 41.3 Å². The van der Waals surface area contributed by atoms with Gasteiger partial charge in [-0.15, -0.1) is 0 Å². The van der Waals surface area contributed by atoms with Crippen molar-refractivity contribution in [3.05, 3.63) is 65.7 Å². The normalized spacial score (nSPS) is 35.7. The maximum atomic E-state index is 11.3. The standard InChI is InChI=1S/C24H29NO2/c26-20-9-4-8-19(15-20)24-11-5-10-22(23(24)27)25(13-12-24)16-18-14-21(18)17-6-2-1-3-7-17/h1-4,6-9,15,18,21-23,26-27H,5,10-14,16H2/t18-,21-,22+,23-,24+/m1/s1. The minimum atomic E-state index is -0.337. The van der Waals surface area contributed by atoms with Crippen molar-refractivity contribution in [3.8, 4) is 5.75 Å². The highest BCUT2D eigenvalue weighted by Crippen LogP contribution is 2.51. The minimum absolute atomic E-state index is 0.180. The number of hydrogen-bond acceptors (Lipinski definition) is 3. The van der Waals surface area contributed by atoms with Gasteiger partial charge in [-0.05, 0) is 67.3 Å². The maximum absolute atomic E-state index is 11.3. The third-order valence-electron chi connectivity index (χ3n) is 7.41. The molecule has 3 fully saturated rings. The van der Waals surface area contributed by atoms with Crippen molar-refractivity contribution in [2.45, 2.75) is 55.6 Å². The number of fused-ring (bicyclic) bond motifs is 2. The maximum Gasteiger partial charge on any atom is 0.115 e. The van der Waals surface area contributed by atoms with E-state index in [9.17, 15) is 10.2 Å². The van der Waals surface area contributed by atoms with Crippen molar-refractivity contribution in [2.24, 2.45) is 5.92 Å². The fourth-order valence-electron chi connectivity index (χ4n) is 5.83. The number of piperidine rings is 1. The monoisotopic (exact) mass is 363 g/mol. The topological polar surface area (TPSA) is 43.7 Å². The van der Waals surface area contributed by atoms with Crippen molar-refractivity contribution in [3.63, 3.8) is 0 Å². The van der Waals surface area contributed by atoms with E-state index in [-0.39, 0.29) is 17.6 Å². The third kappa shape index (κ3) is 2.97. The zero-order valence-electron chi connectivity index (χ0n) is 15.8. The Morgan fingerprint density at radius 2 is 1.89 bits per heavy atom. The van der Waals surface area contributed by atoms with Crippen molar-refractivity contribution >= 4 is 0 Å². The van der Waals surface area contributed by atoms with Gasteiger partial charge in [0, 0.05) is 18.0 Å². The van der Waals surface area contributed by atoms with Gasteiger partial charge in [-0.1, -0.05) is 48.9 Å². The average Bonchev–Trinajstić information content (AvgIpc) is 3.44. The molecule has 0 amide bonds. The fraction of sp³-hybridized carbons (Fsp3) is 0.500. The number of likely N-dealkylation sites (tertiary alicyclic amines) is 1. The lowest BCUT2D eigenvalue weighted by atomic mass is 9.61. The Balaban J connectivity index is 1.32. The Kier molecular flexibility index (Phi) is 4.25. The van der Waals surface area contributed by atoms with Gasteiger partial charge in [0.1, 0.15) is 5.75 Å². The molecule has 3 aliphatic rings. The Morgan fingerprint density at radius 3 is 2.70 bits per heavy atom. The molecule has 0 unspecified atom stereocenters. The molecule has 1 heterocycles. The Bertz CT molecular complexity index is 807. The number of benzene rings is 2. The van der Waals surface area contributed by atoms with Crippen LogP contribution < -0.4 is 0 Å². The largest absolute Gasteiger partial charge is 0.508 e. The molecule has 1 aliphatic heterocycles. The van der Waals surface area contributed by atoms with Crippen LogP contribution in [0.15, 0.2) is 54.6 Å². The van der Waals surface area contributed by atoms with Gasteiger partial charge in [-0.3, -0.25) is 4.90 Å². The van der Waals surface area contributed by atoms with E-state index < -0.39 is 0 Å². The predicted molar refractivity (Wildman–Crippen MR) is 107 cm³/mol. The number of rotatable bonds is 4. The summed E-state index contributed by atoms with van der Waals surface area (Å²) in [5, 5.41) is 21.3. The Labute approximate surface area is 161 Å². The molecule has 0 radical (unpaired) electrons. The van der Waals surface area contributed by atoms with Crippen molar-refractivity contribution < 1.29 is 10.2 Å². The summed E-state index contributed by atoms with van der Waals surface area (Å²) in [6, 6.07) is 18.7. The van der Waals surface area contributed by atoms with E-state index in [0.29, 0.717) is 11.7 Å². The summed E-state index contributed by atoms with van der Waals surface area (Å²) >= 11 is 0. The molecule has 5 rings (SSSR count). The summed E-state index contributed by atoms with van der Waals surface area (Å²) < 4.78 is 0. The number of aromatic hydroxyl groups is 1. The van der Waals surface area contributed by atoms with E-state index in [1.165, 1.54) is 12.0 Å². The van der Waals surface area contributed by atoms with Crippen LogP contribution in [-0.2, 0) is 5.41 Å². The second kappa shape index (κ2) is 6.65. The lowest BCUT2D eigenvalue weighted by molar-refractivity contribution is -0.0779. The molecule has 1 saturated heterocycles. The van der Waals surface area contributed by atoms with Gasteiger partial charge < -0.3 is 10.2 Å². The van der Waals surface area contributed by atoms with Gasteiger partial charge >= 0.3 is 0 Å². The molecule has 2 aromatic carbocycles. The molecule has 3 heteroatoms. The number of nitrogens with zero attached hydrogens (tertiary/aromatic N) is 1. The molecular weight excluding hydrogens is 334 g/mol. The second-order valence-electron chi connectivity index (χ2n) is 8.87. The average molecular weight is 364 g/mol. The van der Waals surface area contributed by atoms with Gasteiger partial charge in [0.15, 0.2) is 0 Å². The summed E-state index contributed by atoms with van der Waals surface area (Å²) in [6.07, 6.45) is 5.19. The number of phenolic OH excluding ortho intramolecular Hbond substituents is 1. The summed E-state index contributed by atoms with van der Waals surface area (Å²) in [4.78, 5) is 2.57. The van der Waals surface area contributed by atoms with Crippen molar-refractivity contribution in [1.29, 1.82) is 0 Å². The SMILES string of the molecule is Oc1cccc([C@@]23CCC[C@@H]([C@H]2O)N(C[C@H]2C[C@@H]2c2ccccc2)CC3)c1. The Hall–Kier alpha value is -1.84. The van der Waals surface area contributed by atoms with E-state index in [4.69, 9.17) is 0 Å². The number of aliphatic hydroxyl groups is 1. The molecule has 2 N–H and O–H groups in total. The van der Waals surface area contributed by atoms with Crippen LogP contribution in [0.1, 0.15) is 49.1 Å². The molecule has 0 spiro atoms. The second-order valence-corrected chi connectivity index (χ2v) is 8.87.